The van der Waals surface area contributed by atoms with Crippen molar-refractivity contribution in [3.05, 3.63) is 0 Å². The largest absolute Gasteiger partial charge is 0.516 e. The molecule has 0 aromatic rings. The smallest absolute Gasteiger partial charge is 0.373 e. The molecule has 0 aromatic carbocycles. The molecule has 0 unspecified atom stereocenters. The van der Waals surface area contributed by atoms with E-state index in [2.05, 4.69) is 6.92 Å². The minimum Gasteiger partial charge on any atom is -0.373 e. The van der Waals surface area contributed by atoms with Crippen molar-refractivity contribution in [2.75, 3.05) is 59.5 Å². The highest BCUT2D eigenvalue weighted by Gasteiger charge is 2.89. The number of hydrogen-bond donors (Lipinski definition) is 0. The molecule has 0 aliphatic rings. The Morgan fingerprint density at radius 2 is 0.529 bits per heavy atom. The fraction of sp³-hybridized carbons (Fsp3) is 1.00. The van der Waals surface area contributed by atoms with E-state index in [9.17, 15) is 0 Å². The molecule has 0 aliphatic carbocycles. The summed E-state index contributed by atoms with van der Waals surface area (Å²) < 4.78 is 58.3. The minimum atomic E-state index is -3.72. The lowest BCUT2D eigenvalue weighted by atomic mass is 10.4. The summed E-state index contributed by atoms with van der Waals surface area (Å²) in [5, 5.41) is 0. The predicted molar refractivity (Wildman–Crippen MR) is 139 cm³/mol. The van der Waals surface area contributed by atoms with Crippen LogP contribution >= 0.6 is 0 Å². The summed E-state index contributed by atoms with van der Waals surface area (Å²) in [5.74, 6) is 0. The lowest BCUT2D eigenvalue weighted by molar-refractivity contribution is -0.0126. The molecule has 0 heterocycles. The van der Waals surface area contributed by atoms with Crippen molar-refractivity contribution < 1.29 is 39.8 Å². The molecule has 0 saturated carbocycles. The van der Waals surface area contributed by atoms with E-state index in [4.69, 9.17) is 39.8 Å². The Balaban J connectivity index is 8.04. The fourth-order valence-corrected chi connectivity index (χ4v) is 21.0. The van der Waals surface area contributed by atoms with E-state index < -0.39 is 30.7 Å². The van der Waals surface area contributed by atoms with Gasteiger partial charge in [-0.3, -0.25) is 0 Å². The van der Waals surface area contributed by atoms with E-state index in [0.29, 0.717) is 65.9 Å². The van der Waals surface area contributed by atoms with Crippen LogP contribution in [0.1, 0.15) is 82.1 Å². The van der Waals surface area contributed by atoms with Crippen LogP contribution in [0.2, 0.25) is 4.28 Å². The monoisotopic (exact) mass is 544 g/mol. The zero-order chi connectivity index (χ0) is 26.1. The lowest BCUT2D eigenvalue weighted by Gasteiger charge is -2.55. The van der Waals surface area contributed by atoms with Gasteiger partial charge in [-0.05, 0) is 68.7 Å². The standard InChI is InChI=1S/C22H52O9Si3/c1-11-21-22(32(23-12-2,24-13-3)25-14-4,33(26-15-5,27-16-6)28-17-7)34(29-18-8,30-19-9)31-20-10/h11-21H2,1-10H3. The Labute approximate surface area is 212 Å². The maximum absolute atomic E-state index is 6.60. The van der Waals surface area contributed by atoms with Gasteiger partial charge in [0.2, 0.25) is 0 Å². The van der Waals surface area contributed by atoms with Crippen molar-refractivity contribution >= 4 is 26.4 Å². The maximum Gasteiger partial charge on any atom is 0.516 e. The van der Waals surface area contributed by atoms with Gasteiger partial charge in [0.15, 0.2) is 4.28 Å². The molecule has 0 radical (unpaired) electrons. The zero-order valence-electron chi connectivity index (χ0n) is 23.5. The van der Waals surface area contributed by atoms with Crippen molar-refractivity contribution in [3.8, 4) is 0 Å². The molecule has 34 heavy (non-hydrogen) atoms. The predicted octanol–water partition coefficient (Wildman–Crippen LogP) is 4.75. The summed E-state index contributed by atoms with van der Waals surface area (Å²) in [6.45, 7) is 22.9. The second-order valence-corrected chi connectivity index (χ2v) is 17.2. The first-order chi connectivity index (χ1) is 16.4. The summed E-state index contributed by atoms with van der Waals surface area (Å²) in [4.78, 5) is 0. The van der Waals surface area contributed by atoms with Gasteiger partial charge in [0.05, 0.1) is 0 Å². The molecule has 0 aliphatic heterocycles. The summed E-state index contributed by atoms with van der Waals surface area (Å²) in [6.07, 6.45) is 1.27. The first-order valence-electron chi connectivity index (χ1n) is 13.1. The topological polar surface area (TPSA) is 83.1 Å². The first kappa shape index (κ1) is 34.3. The normalized spacial score (nSPS) is 13.6. The van der Waals surface area contributed by atoms with Crippen molar-refractivity contribution in [1.82, 2.24) is 0 Å². The molecule has 0 aromatic heterocycles. The highest BCUT2D eigenvalue weighted by atomic mass is 28.5. The van der Waals surface area contributed by atoms with Crippen LogP contribution < -0.4 is 0 Å². The highest BCUT2D eigenvalue weighted by Crippen LogP contribution is 2.60. The van der Waals surface area contributed by atoms with E-state index in [0.717, 1.165) is 6.42 Å². The van der Waals surface area contributed by atoms with E-state index in [-0.39, 0.29) is 0 Å². The highest BCUT2D eigenvalue weighted by molar-refractivity contribution is 7.02. The van der Waals surface area contributed by atoms with Gasteiger partial charge in [-0.15, -0.1) is 0 Å². The molecule has 0 rings (SSSR count). The van der Waals surface area contributed by atoms with Crippen LogP contribution in [0.25, 0.3) is 0 Å². The van der Waals surface area contributed by atoms with Crippen LogP contribution in [0.4, 0.5) is 0 Å². The van der Waals surface area contributed by atoms with Gasteiger partial charge in [-0.25, -0.2) is 0 Å². The van der Waals surface area contributed by atoms with Gasteiger partial charge >= 0.3 is 26.4 Å². The molecular weight excluding hydrogens is 492 g/mol. The van der Waals surface area contributed by atoms with E-state index in [1.807, 2.05) is 62.3 Å². The third-order valence-corrected chi connectivity index (χ3v) is 20.6. The molecule has 206 valence electrons. The van der Waals surface area contributed by atoms with Gasteiger partial charge < -0.3 is 39.8 Å². The summed E-state index contributed by atoms with van der Waals surface area (Å²) in [7, 11) is -11.2. The quantitative estimate of drug-likeness (QED) is 0.169. The Morgan fingerprint density at radius 1 is 0.353 bits per heavy atom. The fourth-order valence-electron chi connectivity index (χ4n) is 4.59. The SMILES string of the molecule is CCCC([Si](OCC)(OCC)OCC)([Si](OCC)(OCC)OCC)[Si](OCC)(OCC)OCC. The number of hydrogen-bond acceptors (Lipinski definition) is 9. The molecule has 12 heteroatoms. The number of rotatable bonds is 23. The summed E-state index contributed by atoms with van der Waals surface area (Å²) >= 11 is 0. The molecule has 0 fully saturated rings. The second-order valence-electron chi connectivity index (χ2n) is 7.22. The van der Waals surface area contributed by atoms with Gasteiger partial charge in [-0.1, -0.05) is 13.3 Å². The Morgan fingerprint density at radius 3 is 0.647 bits per heavy atom. The molecule has 0 atom stereocenters. The third-order valence-electron chi connectivity index (χ3n) is 5.20. The van der Waals surface area contributed by atoms with Gasteiger partial charge in [0.25, 0.3) is 0 Å². The molecule has 0 saturated heterocycles. The average molecular weight is 545 g/mol. The van der Waals surface area contributed by atoms with E-state index in [1.165, 1.54) is 0 Å². The minimum absolute atomic E-state index is 0.376. The third kappa shape index (κ3) is 6.98. The van der Waals surface area contributed by atoms with Crippen LogP contribution in [-0.2, 0) is 39.8 Å². The maximum atomic E-state index is 6.60. The molecule has 0 spiro atoms. The van der Waals surface area contributed by atoms with Crippen LogP contribution in [0.15, 0.2) is 0 Å². The summed E-state index contributed by atoms with van der Waals surface area (Å²) in [5.41, 5.74) is 0. The Hall–Kier alpha value is 0.291. The Bertz CT molecular complexity index is 398. The molecule has 0 amide bonds. The van der Waals surface area contributed by atoms with E-state index in [1.54, 1.807) is 0 Å². The first-order valence-corrected chi connectivity index (χ1v) is 18.3. The van der Waals surface area contributed by atoms with Crippen LogP contribution in [0.5, 0.6) is 0 Å². The average Bonchev–Trinajstić information content (AvgIpc) is 2.78. The Kier molecular flexibility index (Phi) is 17.8. The van der Waals surface area contributed by atoms with Gasteiger partial charge in [0, 0.05) is 59.5 Å². The molecule has 0 bridgehead atoms. The molecule has 0 N–H and O–H groups in total. The molecule has 9 nitrogen and oxygen atoms in total. The van der Waals surface area contributed by atoms with E-state index >= 15 is 0 Å². The van der Waals surface area contributed by atoms with Crippen molar-refractivity contribution in [2.45, 2.75) is 86.4 Å². The lowest BCUT2D eigenvalue weighted by Crippen LogP contribution is -2.81. The van der Waals surface area contributed by atoms with Crippen molar-refractivity contribution in [3.63, 3.8) is 0 Å². The van der Waals surface area contributed by atoms with Crippen molar-refractivity contribution in [2.24, 2.45) is 0 Å². The van der Waals surface area contributed by atoms with Crippen LogP contribution in [0.3, 0.4) is 0 Å². The van der Waals surface area contributed by atoms with Gasteiger partial charge in [0.1, 0.15) is 0 Å². The van der Waals surface area contributed by atoms with Crippen LogP contribution in [-0.4, -0.2) is 85.9 Å². The summed E-state index contributed by atoms with van der Waals surface area (Å²) in [6, 6.07) is 0. The van der Waals surface area contributed by atoms with Gasteiger partial charge in [-0.2, -0.15) is 0 Å². The van der Waals surface area contributed by atoms with Crippen molar-refractivity contribution in [1.29, 1.82) is 0 Å². The second kappa shape index (κ2) is 17.7. The van der Waals surface area contributed by atoms with Crippen LogP contribution in [0, 0.1) is 0 Å². The molecular formula is C22H52O9Si3. The zero-order valence-corrected chi connectivity index (χ0v) is 26.5.